The largest absolute Gasteiger partial charge is 0.397 e. The van der Waals surface area contributed by atoms with E-state index in [1.54, 1.807) is 18.4 Å². The fraction of sp³-hybridized carbons (Fsp3) is 0.533. The molecule has 1 aliphatic heterocycles. The maximum absolute atomic E-state index is 6.24. The second kappa shape index (κ2) is 5.22. The lowest BCUT2D eigenvalue weighted by Crippen LogP contribution is -2.44. The van der Waals surface area contributed by atoms with E-state index in [-0.39, 0.29) is 6.10 Å². The van der Waals surface area contributed by atoms with E-state index in [9.17, 15) is 0 Å². The normalized spacial score (nSPS) is 23.4. The minimum absolute atomic E-state index is 0.274. The number of ether oxygens (including phenoxy) is 1. The molecule has 2 heterocycles. The lowest BCUT2D eigenvalue weighted by atomic mass is 9.95. The average Bonchev–Trinajstić information content (AvgIpc) is 2.77. The third-order valence-corrected chi connectivity index (χ3v) is 5.11. The molecule has 1 aliphatic rings. The third-order valence-electron chi connectivity index (χ3n) is 4.18. The summed E-state index contributed by atoms with van der Waals surface area (Å²) in [5, 5.41) is 1.08. The number of hydrogen-bond donors (Lipinski definition) is 1. The molecule has 3 rings (SSSR count). The van der Waals surface area contributed by atoms with E-state index in [0.717, 1.165) is 46.1 Å². The third kappa shape index (κ3) is 2.36. The van der Waals surface area contributed by atoms with Crippen LogP contribution in [-0.2, 0) is 4.74 Å². The zero-order valence-electron chi connectivity index (χ0n) is 12.2. The van der Waals surface area contributed by atoms with Gasteiger partial charge in [-0.2, -0.15) is 0 Å². The molecule has 0 spiro atoms. The van der Waals surface area contributed by atoms with Crippen LogP contribution < -0.4 is 10.6 Å². The van der Waals surface area contributed by atoms with Gasteiger partial charge in [0.05, 0.1) is 32.7 Å². The highest BCUT2D eigenvalue weighted by Crippen LogP contribution is 2.34. The van der Waals surface area contributed by atoms with Crippen LogP contribution in [0.1, 0.15) is 18.4 Å². The van der Waals surface area contributed by atoms with Crippen molar-refractivity contribution in [1.82, 2.24) is 4.98 Å². The van der Waals surface area contributed by atoms with Crippen molar-refractivity contribution in [3.8, 4) is 0 Å². The number of aromatic nitrogens is 1. The van der Waals surface area contributed by atoms with Crippen LogP contribution in [0.2, 0.25) is 0 Å². The van der Waals surface area contributed by atoms with Gasteiger partial charge in [0.2, 0.25) is 0 Å². The number of piperidine rings is 1. The molecule has 1 fully saturated rings. The van der Waals surface area contributed by atoms with Gasteiger partial charge >= 0.3 is 0 Å². The number of nitrogens with two attached hydrogens (primary N) is 1. The van der Waals surface area contributed by atoms with E-state index in [0.29, 0.717) is 5.92 Å². The molecule has 1 saturated heterocycles. The van der Waals surface area contributed by atoms with Gasteiger partial charge in [-0.25, -0.2) is 4.98 Å². The zero-order chi connectivity index (χ0) is 14.3. The maximum Gasteiger partial charge on any atom is 0.0907 e. The summed E-state index contributed by atoms with van der Waals surface area (Å²) in [6.45, 7) is 6.21. The van der Waals surface area contributed by atoms with E-state index in [4.69, 9.17) is 10.5 Å². The van der Waals surface area contributed by atoms with Gasteiger partial charge in [0.15, 0.2) is 0 Å². The molecule has 5 heteroatoms. The van der Waals surface area contributed by atoms with Gasteiger partial charge in [0.25, 0.3) is 0 Å². The summed E-state index contributed by atoms with van der Waals surface area (Å²) in [6.07, 6.45) is 1.41. The highest BCUT2D eigenvalue weighted by Gasteiger charge is 2.27. The second-order valence-corrected chi connectivity index (χ2v) is 6.83. The summed E-state index contributed by atoms with van der Waals surface area (Å²) in [5.74, 6) is 0.600. The number of anilines is 2. The Morgan fingerprint density at radius 2 is 2.25 bits per heavy atom. The predicted octanol–water partition coefficient (Wildman–Crippen LogP) is 3.05. The zero-order valence-corrected chi connectivity index (χ0v) is 13.0. The highest BCUT2D eigenvalue weighted by molar-refractivity contribution is 7.18. The molecule has 0 aliphatic carbocycles. The first-order valence-corrected chi connectivity index (χ1v) is 7.84. The summed E-state index contributed by atoms with van der Waals surface area (Å²) >= 11 is 1.69. The smallest absolute Gasteiger partial charge is 0.0907 e. The Balaban J connectivity index is 1.95. The minimum Gasteiger partial charge on any atom is -0.397 e. The molecular formula is C15H21N3OS. The van der Waals surface area contributed by atoms with Crippen molar-refractivity contribution < 1.29 is 4.74 Å². The second-order valence-electron chi connectivity index (χ2n) is 5.60. The Bertz CT molecular complexity index is 625. The maximum atomic E-state index is 6.24. The summed E-state index contributed by atoms with van der Waals surface area (Å²) in [5.41, 5.74) is 9.22. The SMILES string of the molecule is COC1CN(c2cc3nc(C)sc3cc2N)CCC1C. The van der Waals surface area contributed by atoms with Gasteiger partial charge in [0.1, 0.15) is 0 Å². The van der Waals surface area contributed by atoms with Crippen molar-refractivity contribution in [2.75, 3.05) is 30.8 Å². The summed E-state index contributed by atoms with van der Waals surface area (Å²) in [7, 11) is 1.79. The first-order valence-electron chi connectivity index (χ1n) is 7.03. The molecule has 2 unspecified atom stereocenters. The molecule has 20 heavy (non-hydrogen) atoms. The Hall–Kier alpha value is -1.33. The summed E-state index contributed by atoms with van der Waals surface area (Å²) in [6, 6.07) is 4.17. The molecule has 0 saturated carbocycles. The van der Waals surface area contributed by atoms with Crippen LogP contribution in [-0.4, -0.2) is 31.3 Å². The quantitative estimate of drug-likeness (QED) is 0.864. The number of hydrogen-bond acceptors (Lipinski definition) is 5. The summed E-state index contributed by atoms with van der Waals surface area (Å²) < 4.78 is 6.75. The number of nitrogens with zero attached hydrogens (tertiary/aromatic N) is 2. The molecule has 0 bridgehead atoms. The molecule has 0 amide bonds. The molecule has 1 aromatic carbocycles. The van der Waals surface area contributed by atoms with Crippen molar-refractivity contribution in [3.63, 3.8) is 0 Å². The van der Waals surface area contributed by atoms with Crippen LogP contribution in [0.4, 0.5) is 11.4 Å². The molecule has 4 nitrogen and oxygen atoms in total. The lowest BCUT2D eigenvalue weighted by Gasteiger charge is -2.38. The van der Waals surface area contributed by atoms with Crippen LogP contribution in [0.25, 0.3) is 10.2 Å². The van der Waals surface area contributed by atoms with Gasteiger partial charge in [-0.3, -0.25) is 0 Å². The fourth-order valence-electron chi connectivity index (χ4n) is 2.93. The molecule has 108 valence electrons. The van der Waals surface area contributed by atoms with Crippen molar-refractivity contribution in [3.05, 3.63) is 17.1 Å². The van der Waals surface area contributed by atoms with Crippen LogP contribution >= 0.6 is 11.3 Å². The van der Waals surface area contributed by atoms with Gasteiger partial charge < -0.3 is 15.4 Å². The Kier molecular flexibility index (Phi) is 3.56. The Morgan fingerprint density at radius 3 is 3.00 bits per heavy atom. The van der Waals surface area contributed by atoms with Gasteiger partial charge in [0, 0.05) is 20.2 Å². The first kappa shape index (κ1) is 13.6. The Labute approximate surface area is 123 Å². The number of aryl methyl sites for hydroxylation is 1. The van der Waals surface area contributed by atoms with Crippen LogP contribution in [0.3, 0.4) is 0 Å². The molecule has 0 radical (unpaired) electrons. The van der Waals surface area contributed by atoms with Crippen molar-refractivity contribution in [2.45, 2.75) is 26.4 Å². The number of rotatable bonds is 2. The van der Waals surface area contributed by atoms with Crippen molar-refractivity contribution in [1.29, 1.82) is 0 Å². The van der Waals surface area contributed by atoms with Crippen LogP contribution in [0, 0.1) is 12.8 Å². The van der Waals surface area contributed by atoms with Gasteiger partial charge in [-0.1, -0.05) is 6.92 Å². The van der Waals surface area contributed by atoms with Gasteiger partial charge in [-0.05, 0) is 31.4 Å². The standard InChI is InChI=1S/C15H21N3OS/c1-9-4-5-18(8-14(9)19-3)13-7-12-15(6-11(13)16)20-10(2)17-12/h6-7,9,14H,4-5,8,16H2,1-3H3. The monoisotopic (exact) mass is 291 g/mol. The van der Waals surface area contributed by atoms with E-state index in [1.165, 1.54) is 0 Å². The fourth-order valence-corrected chi connectivity index (χ4v) is 3.78. The average molecular weight is 291 g/mol. The number of thiazole rings is 1. The van der Waals surface area contributed by atoms with E-state index < -0.39 is 0 Å². The number of fused-ring (bicyclic) bond motifs is 1. The van der Waals surface area contributed by atoms with E-state index in [1.807, 2.05) is 6.92 Å². The molecule has 2 atom stereocenters. The predicted molar refractivity (Wildman–Crippen MR) is 85.6 cm³/mol. The number of benzene rings is 1. The molecule has 1 aromatic heterocycles. The molecular weight excluding hydrogens is 270 g/mol. The lowest BCUT2D eigenvalue weighted by molar-refractivity contribution is 0.0499. The Morgan fingerprint density at radius 1 is 1.45 bits per heavy atom. The number of nitrogen functional groups attached to an aromatic ring is 1. The van der Waals surface area contributed by atoms with Crippen LogP contribution in [0.15, 0.2) is 12.1 Å². The minimum atomic E-state index is 0.274. The summed E-state index contributed by atoms with van der Waals surface area (Å²) in [4.78, 5) is 6.90. The van der Waals surface area contributed by atoms with E-state index >= 15 is 0 Å². The highest BCUT2D eigenvalue weighted by atomic mass is 32.1. The van der Waals surface area contributed by atoms with E-state index in [2.05, 4.69) is 28.9 Å². The number of methoxy groups -OCH3 is 1. The topological polar surface area (TPSA) is 51.4 Å². The first-order chi connectivity index (χ1) is 9.58. The molecule has 2 aromatic rings. The molecule has 2 N–H and O–H groups in total. The van der Waals surface area contributed by atoms with Gasteiger partial charge in [-0.15, -0.1) is 11.3 Å². The van der Waals surface area contributed by atoms with Crippen molar-refractivity contribution >= 4 is 32.9 Å². The van der Waals surface area contributed by atoms with Crippen molar-refractivity contribution in [2.24, 2.45) is 5.92 Å². The van der Waals surface area contributed by atoms with Crippen LogP contribution in [0.5, 0.6) is 0 Å².